The lowest BCUT2D eigenvalue weighted by Gasteiger charge is -2.22. The summed E-state index contributed by atoms with van der Waals surface area (Å²) < 4.78 is 12.9. The Hall–Kier alpha value is -4.33. The number of rotatable bonds is 7. The van der Waals surface area contributed by atoms with Crippen LogP contribution >= 0.6 is 0 Å². The van der Waals surface area contributed by atoms with Gasteiger partial charge in [-0.3, -0.25) is 4.79 Å². The summed E-state index contributed by atoms with van der Waals surface area (Å²) in [6.45, 7) is 2.15. The van der Waals surface area contributed by atoms with Gasteiger partial charge < -0.3 is 19.8 Å². The molecule has 5 aromatic rings. The number of benzene rings is 2. The van der Waals surface area contributed by atoms with E-state index in [9.17, 15) is 4.79 Å². The van der Waals surface area contributed by atoms with E-state index in [2.05, 4.69) is 26.4 Å². The third-order valence-electron chi connectivity index (χ3n) is 6.07. The second-order valence-corrected chi connectivity index (χ2v) is 7.98. The maximum Gasteiger partial charge on any atom is 0.257 e. The fourth-order valence-electron chi connectivity index (χ4n) is 4.50. The number of amides is 1. The lowest BCUT2D eigenvalue weighted by atomic mass is 9.89. The Morgan fingerprint density at radius 2 is 1.94 bits per heavy atom. The molecule has 0 bridgehead atoms. The van der Waals surface area contributed by atoms with Gasteiger partial charge in [0.25, 0.3) is 5.91 Å². The largest absolute Gasteiger partial charge is 0.493 e. The van der Waals surface area contributed by atoms with Crippen LogP contribution in [0.25, 0.3) is 16.6 Å². The van der Waals surface area contributed by atoms with Gasteiger partial charge in [-0.2, -0.15) is 5.10 Å². The first-order valence-electron chi connectivity index (χ1n) is 11.0. The zero-order valence-corrected chi connectivity index (χ0v) is 19.2. The van der Waals surface area contributed by atoms with E-state index in [0.717, 1.165) is 22.0 Å². The number of hydrogen-bond donors (Lipinski definition) is 2. The van der Waals surface area contributed by atoms with Crippen LogP contribution in [0, 0.1) is 6.92 Å². The molecule has 34 heavy (non-hydrogen) atoms. The van der Waals surface area contributed by atoms with Gasteiger partial charge in [-0.1, -0.05) is 30.3 Å². The molecule has 8 nitrogen and oxygen atoms in total. The molecule has 0 aliphatic heterocycles. The molecule has 0 radical (unpaired) electrons. The maximum atomic E-state index is 13.3. The van der Waals surface area contributed by atoms with E-state index in [1.54, 1.807) is 37.2 Å². The number of ether oxygens (including phenoxy) is 2. The number of aromatic nitrogens is 4. The zero-order chi connectivity index (χ0) is 23.7. The highest BCUT2D eigenvalue weighted by Gasteiger charge is 2.26. The number of methoxy groups -OCH3 is 2. The summed E-state index contributed by atoms with van der Waals surface area (Å²) in [5.74, 6) is 0.861. The molecule has 8 heteroatoms. The van der Waals surface area contributed by atoms with Gasteiger partial charge in [-0.25, -0.2) is 9.50 Å². The summed E-state index contributed by atoms with van der Waals surface area (Å²) in [6, 6.07) is 15.7. The minimum Gasteiger partial charge on any atom is -0.493 e. The number of H-pyrrole nitrogens is 1. The first kappa shape index (κ1) is 21.5. The van der Waals surface area contributed by atoms with Gasteiger partial charge in [0.15, 0.2) is 17.1 Å². The first-order valence-corrected chi connectivity index (χ1v) is 11.0. The third kappa shape index (κ3) is 3.63. The second-order valence-electron chi connectivity index (χ2n) is 7.98. The van der Waals surface area contributed by atoms with Crippen molar-refractivity contribution in [2.45, 2.75) is 12.8 Å². The Labute approximate surface area is 196 Å². The van der Waals surface area contributed by atoms with Crippen molar-refractivity contribution in [3.8, 4) is 11.5 Å². The van der Waals surface area contributed by atoms with Crippen LogP contribution in [0.4, 0.5) is 0 Å². The molecule has 0 spiro atoms. The molecule has 0 aliphatic rings. The Balaban J connectivity index is 1.56. The van der Waals surface area contributed by atoms with E-state index < -0.39 is 0 Å². The molecular formula is C26H25N5O3. The van der Waals surface area contributed by atoms with Gasteiger partial charge in [0.05, 0.1) is 19.9 Å². The SMILES string of the molecule is COc1cccc(C(CNC(=O)c2c(C)nn3cccnc23)c2c[nH]c3ccccc23)c1OC. The summed E-state index contributed by atoms with van der Waals surface area (Å²) in [6.07, 6.45) is 5.42. The number of fused-ring (bicyclic) bond motifs is 2. The molecule has 2 aromatic carbocycles. The second kappa shape index (κ2) is 8.90. The Bertz CT molecular complexity index is 1490. The van der Waals surface area contributed by atoms with Crippen molar-refractivity contribution in [1.82, 2.24) is 24.9 Å². The number of carbonyl (C=O) groups is 1. The van der Waals surface area contributed by atoms with Crippen molar-refractivity contribution in [2.75, 3.05) is 20.8 Å². The number of aryl methyl sites for hydroxylation is 1. The van der Waals surface area contributed by atoms with E-state index in [1.807, 2.05) is 49.5 Å². The van der Waals surface area contributed by atoms with Crippen molar-refractivity contribution in [3.05, 3.63) is 89.5 Å². The number of nitrogens with zero attached hydrogens (tertiary/aromatic N) is 3. The Morgan fingerprint density at radius 3 is 2.76 bits per heavy atom. The predicted octanol–water partition coefficient (Wildman–Crippen LogP) is 4.10. The molecule has 0 saturated heterocycles. The normalized spacial score (nSPS) is 12.1. The van der Waals surface area contributed by atoms with Crippen molar-refractivity contribution >= 4 is 22.5 Å². The summed E-state index contributed by atoms with van der Waals surface area (Å²) in [5.41, 5.74) is 4.62. The average Bonchev–Trinajstić information content (AvgIpc) is 3.44. The molecule has 172 valence electrons. The van der Waals surface area contributed by atoms with Gasteiger partial charge in [0, 0.05) is 47.5 Å². The minimum atomic E-state index is -0.224. The zero-order valence-electron chi connectivity index (χ0n) is 19.2. The molecule has 1 unspecified atom stereocenters. The highest BCUT2D eigenvalue weighted by Crippen LogP contribution is 2.40. The van der Waals surface area contributed by atoms with Gasteiger partial charge in [0.2, 0.25) is 0 Å². The lowest BCUT2D eigenvalue weighted by molar-refractivity contribution is 0.0953. The van der Waals surface area contributed by atoms with Crippen LogP contribution in [0.3, 0.4) is 0 Å². The van der Waals surface area contributed by atoms with E-state index in [0.29, 0.717) is 34.9 Å². The number of carbonyl (C=O) groups excluding carboxylic acids is 1. The molecule has 1 atom stereocenters. The van der Waals surface area contributed by atoms with Crippen LogP contribution in [-0.4, -0.2) is 46.3 Å². The first-order chi connectivity index (χ1) is 16.6. The van der Waals surface area contributed by atoms with Crippen molar-refractivity contribution in [3.63, 3.8) is 0 Å². The summed E-state index contributed by atoms with van der Waals surface area (Å²) in [5, 5.41) is 8.61. The number of nitrogens with one attached hydrogen (secondary N) is 2. The standard InChI is InChI=1S/C26H25N5O3/c1-16-23(25-27-12-7-13-31(25)30-16)26(32)29-15-20(18-9-6-11-22(33-2)24(18)34-3)19-14-28-21-10-5-4-8-17(19)21/h4-14,20,28H,15H2,1-3H3,(H,29,32). The van der Waals surface area contributed by atoms with E-state index in [-0.39, 0.29) is 11.8 Å². The summed E-state index contributed by atoms with van der Waals surface area (Å²) in [4.78, 5) is 21.0. The van der Waals surface area contributed by atoms with Gasteiger partial charge in [0.1, 0.15) is 5.56 Å². The summed E-state index contributed by atoms with van der Waals surface area (Å²) in [7, 11) is 3.24. The van der Waals surface area contributed by atoms with Crippen LogP contribution in [0.15, 0.2) is 67.1 Å². The number of para-hydroxylation sites is 2. The molecule has 5 rings (SSSR count). The van der Waals surface area contributed by atoms with Crippen LogP contribution in [-0.2, 0) is 0 Å². The monoisotopic (exact) mass is 455 g/mol. The lowest BCUT2D eigenvalue weighted by Crippen LogP contribution is -2.29. The molecule has 3 heterocycles. The fourth-order valence-corrected chi connectivity index (χ4v) is 4.50. The topological polar surface area (TPSA) is 93.5 Å². The molecule has 0 saturated carbocycles. The summed E-state index contributed by atoms with van der Waals surface area (Å²) >= 11 is 0. The van der Waals surface area contributed by atoms with Crippen LogP contribution < -0.4 is 14.8 Å². The Morgan fingerprint density at radius 1 is 1.09 bits per heavy atom. The molecule has 2 N–H and O–H groups in total. The highest BCUT2D eigenvalue weighted by molar-refractivity contribution is 6.01. The molecule has 0 fully saturated rings. The van der Waals surface area contributed by atoms with Gasteiger partial charge in [-0.15, -0.1) is 0 Å². The van der Waals surface area contributed by atoms with Gasteiger partial charge in [-0.05, 0) is 30.7 Å². The van der Waals surface area contributed by atoms with Crippen LogP contribution in [0.1, 0.15) is 33.1 Å². The minimum absolute atomic E-state index is 0.194. The number of hydrogen-bond acceptors (Lipinski definition) is 5. The van der Waals surface area contributed by atoms with E-state index >= 15 is 0 Å². The van der Waals surface area contributed by atoms with Crippen molar-refractivity contribution < 1.29 is 14.3 Å². The van der Waals surface area contributed by atoms with Crippen molar-refractivity contribution in [2.24, 2.45) is 0 Å². The van der Waals surface area contributed by atoms with Crippen LogP contribution in [0.2, 0.25) is 0 Å². The van der Waals surface area contributed by atoms with Crippen molar-refractivity contribution in [1.29, 1.82) is 0 Å². The number of aromatic amines is 1. The predicted molar refractivity (Wildman–Crippen MR) is 130 cm³/mol. The fraction of sp³-hybridized carbons (Fsp3) is 0.192. The highest BCUT2D eigenvalue weighted by atomic mass is 16.5. The van der Waals surface area contributed by atoms with Gasteiger partial charge >= 0.3 is 0 Å². The maximum absolute atomic E-state index is 13.3. The smallest absolute Gasteiger partial charge is 0.257 e. The molecular weight excluding hydrogens is 430 g/mol. The average molecular weight is 456 g/mol. The Kier molecular flexibility index (Phi) is 5.63. The molecule has 0 aliphatic carbocycles. The van der Waals surface area contributed by atoms with E-state index in [1.165, 1.54) is 0 Å². The third-order valence-corrected chi connectivity index (χ3v) is 6.07. The van der Waals surface area contributed by atoms with Crippen LogP contribution in [0.5, 0.6) is 11.5 Å². The molecule has 3 aromatic heterocycles. The quantitative estimate of drug-likeness (QED) is 0.385. The molecule has 1 amide bonds. The van der Waals surface area contributed by atoms with E-state index in [4.69, 9.17) is 9.47 Å².